The van der Waals surface area contributed by atoms with Crippen LogP contribution >= 0.6 is 15.6 Å². The molecule has 0 saturated carbocycles. The molecule has 106 valence electrons. The van der Waals surface area contributed by atoms with Gasteiger partial charge in [0.15, 0.2) is 0 Å². The first kappa shape index (κ1) is 16.3. The van der Waals surface area contributed by atoms with Crippen LogP contribution in [0.25, 0.3) is 0 Å². The maximum atomic E-state index is 11.4. The molecule has 1 aliphatic heterocycles. The lowest BCUT2D eigenvalue weighted by Gasteiger charge is -2.18. The van der Waals surface area contributed by atoms with Crippen molar-refractivity contribution in [3.05, 3.63) is 0 Å². The molecular formula is C6H16BNO8P2. The van der Waals surface area contributed by atoms with E-state index in [1.54, 1.807) is 14.8 Å². The number of nitrogens with two attached hydrogens (primary N) is 1. The van der Waals surface area contributed by atoms with Crippen LogP contribution in [0.15, 0.2) is 0 Å². The van der Waals surface area contributed by atoms with E-state index in [4.69, 9.17) is 20.0 Å². The van der Waals surface area contributed by atoms with E-state index in [0.717, 1.165) is 0 Å². The van der Waals surface area contributed by atoms with E-state index in [0.29, 0.717) is 0 Å². The van der Waals surface area contributed by atoms with Gasteiger partial charge in [-0.2, -0.15) is 4.31 Å². The molecule has 0 aromatic rings. The molecular weight excluding hydrogens is 287 g/mol. The molecule has 5 atom stereocenters. The Morgan fingerprint density at radius 3 is 2.39 bits per heavy atom. The van der Waals surface area contributed by atoms with Gasteiger partial charge in [-0.05, 0) is 0 Å². The second kappa shape index (κ2) is 5.70. The molecule has 1 heterocycles. The van der Waals surface area contributed by atoms with Crippen molar-refractivity contribution in [2.75, 3.05) is 6.61 Å². The zero-order valence-electron chi connectivity index (χ0n) is 9.87. The molecule has 0 radical (unpaired) electrons. The summed E-state index contributed by atoms with van der Waals surface area (Å²) in [6.45, 7) is 1.38. The highest BCUT2D eigenvalue weighted by Gasteiger charge is 2.40. The number of aliphatic hydroxyl groups excluding tert-OH is 1. The average Bonchev–Trinajstić information content (AvgIpc) is 2.39. The van der Waals surface area contributed by atoms with Crippen molar-refractivity contribution in [2.24, 2.45) is 11.4 Å². The first-order valence-corrected chi connectivity index (χ1v) is 8.29. The fourth-order valence-electron chi connectivity index (χ4n) is 1.58. The van der Waals surface area contributed by atoms with Crippen molar-refractivity contribution >= 4 is 23.4 Å². The van der Waals surface area contributed by atoms with Crippen LogP contribution in [0, 0.1) is 5.92 Å². The highest BCUT2D eigenvalue weighted by molar-refractivity contribution is 7.62. The lowest BCUT2D eigenvalue weighted by Crippen LogP contribution is -2.29. The molecule has 0 spiro atoms. The van der Waals surface area contributed by atoms with Crippen LogP contribution in [-0.4, -0.2) is 47.6 Å². The maximum Gasteiger partial charge on any atom is 0.477 e. The van der Waals surface area contributed by atoms with Crippen LogP contribution in [0.3, 0.4) is 0 Å². The molecule has 0 bridgehead atoms. The van der Waals surface area contributed by atoms with Crippen LogP contribution in [-0.2, 0) is 22.7 Å². The number of hydrogen-bond donors (Lipinski definition) is 4. The van der Waals surface area contributed by atoms with E-state index >= 15 is 0 Å². The molecule has 1 saturated heterocycles. The van der Waals surface area contributed by atoms with Gasteiger partial charge in [0.1, 0.15) is 14.0 Å². The fourth-order valence-corrected chi connectivity index (χ4v) is 3.31. The van der Waals surface area contributed by atoms with Gasteiger partial charge in [0.25, 0.3) is 0 Å². The van der Waals surface area contributed by atoms with Gasteiger partial charge in [0.05, 0.1) is 12.7 Å². The highest BCUT2D eigenvalue weighted by Crippen LogP contribution is 2.55. The average molecular weight is 303 g/mol. The number of rotatable bonds is 5. The number of aliphatic hydroxyl groups is 1. The van der Waals surface area contributed by atoms with Crippen LogP contribution < -0.4 is 5.50 Å². The van der Waals surface area contributed by atoms with E-state index in [9.17, 15) is 14.2 Å². The van der Waals surface area contributed by atoms with Crippen molar-refractivity contribution in [3.8, 4) is 0 Å². The maximum absolute atomic E-state index is 11.4. The number of phosphoric acid groups is 1. The zero-order valence-corrected chi connectivity index (χ0v) is 11.7. The Balaban J connectivity index is 2.51. The van der Waals surface area contributed by atoms with Crippen LogP contribution in [0.5, 0.6) is 0 Å². The van der Waals surface area contributed by atoms with Crippen molar-refractivity contribution in [3.63, 3.8) is 0 Å². The number of hydrogen-bond acceptors (Lipinski definition) is 6. The van der Waals surface area contributed by atoms with Crippen molar-refractivity contribution in [1.82, 2.24) is 0 Å². The van der Waals surface area contributed by atoms with Crippen LogP contribution in [0.1, 0.15) is 6.92 Å². The minimum Gasteiger partial charge on any atom is -0.390 e. The summed E-state index contributed by atoms with van der Waals surface area (Å²) < 4.78 is 35.5. The lowest BCUT2D eigenvalue weighted by atomic mass is 9.86. The third kappa shape index (κ3) is 4.73. The second-order valence-electron chi connectivity index (χ2n) is 4.14. The smallest absolute Gasteiger partial charge is 0.390 e. The van der Waals surface area contributed by atoms with Gasteiger partial charge in [0, 0.05) is 11.9 Å². The lowest BCUT2D eigenvalue weighted by molar-refractivity contribution is -0.000567. The summed E-state index contributed by atoms with van der Waals surface area (Å²) in [5, 5.41) is 9.73. The molecule has 1 unspecified atom stereocenters. The predicted molar refractivity (Wildman–Crippen MR) is 63.3 cm³/mol. The van der Waals surface area contributed by atoms with Gasteiger partial charge in [-0.1, -0.05) is 6.92 Å². The molecule has 1 rings (SSSR count). The first-order valence-electron chi connectivity index (χ1n) is 5.15. The van der Waals surface area contributed by atoms with E-state index < -0.39 is 27.8 Å². The number of ether oxygens (including phenoxy) is 1. The van der Waals surface area contributed by atoms with E-state index in [2.05, 4.69) is 8.83 Å². The van der Waals surface area contributed by atoms with Gasteiger partial charge in [0.2, 0.25) is 0 Å². The first-order chi connectivity index (χ1) is 8.02. The highest BCUT2D eigenvalue weighted by atomic mass is 31.3. The third-order valence-corrected chi connectivity index (χ3v) is 4.96. The van der Waals surface area contributed by atoms with E-state index in [1.807, 2.05) is 0 Å². The molecule has 0 aromatic heterocycles. The minimum absolute atomic E-state index is 0.140. The Labute approximate surface area is 105 Å². The molecule has 18 heavy (non-hydrogen) atoms. The molecule has 0 aliphatic carbocycles. The summed E-state index contributed by atoms with van der Waals surface area (Å²) in [6, 6.07) is -0.214. The normalized spacial score (nSPS) is 36.5. The summed E-state index contributed by atoms with van der Waals surface area (Å²) in [5.74, 6) is -0.140. The van der Waals surface area contributed by atoms with Crippen LogP contribution in [0.2, 0.25) is 0 Å². The van der Waals surface area contributed by atoms with Crippen molar-refractivity contribution in [1.29, 1.82) is 0 Å². The van der Waals surface area contributed by atoms with Crippen molar-refractivity contribution in [2.45, 2.75) is 25.1 Å². The predicted octanol–water partition coefficient (Wildman–Crippen LogP) is -1.47. The van der Waals surface area contributed by atoms with E-state index in [-0.39, 0.29) is 18.5 Å². The Hall–Kier alpha value is 0.245. The van der Waals surface area contributed by atoms with Gasteiger partial charge in [-0.3, -0.25) is 4.52 Å². The quantitative estimate of drug-likeness (QED) is 0.353. The Kier molecular flexibility index (Phi) is 5.17. The molecule has 1 aliphatic rings. The van der Waals surface area contributed by atoms with Gasteiger partial charge in [-0.15, -0.1) is 0 Å². The standard InChI is InChI=1S/C6H16BNO8P2/c1-3-5(9)4(15-6(3)7)2-14-17(8,10)16-18(11,12)13/h3-6,9H,2,7H2,1H3,(H2,8,10)(H2,11,12,13)/t3-,4-,5+,6-,17?/m1/s1. The second-order valence-corrected chi connectivity index (χ2v) is 7.11. The largest absolute Gasteiger partial charge is 0.477 e. The molecule has 5 N–H and O–H groups in total. The minimum atomic E-state index is -5.00. The van der Waals surface area contributed by atoms with Crippen molar-refractivity contribution < 1.29 is 37.6 Å². The Bertz CT molecular complexity index is 388. The summed E-state index contributed by atoms with van der Waals surface area (Å²) in [5.41, 5.74) is 4.98. The molecule has 9 nitrogen and oxygen atoms in total. The molecule has 0 amide bonds. The van der Waals surface area contributed by atoms with Gasteiger partial charge >= 0.3 is 15.6 Å². The van der Waals surface area contributed by atoms with E-state index in [1.165, 1.54) is 0 Å². The summed E-state index contributed by atoms with van der Waals surface area (Å²) in [7, 11) is -7.64. The zero-order chi connectivity index (χ0) is 14.1. The Morgan fingerprint density at radius 2 is 2.00 bits per heavy atom. The molecule has 1 fully saturated rings. The Morgan fingerprint density at radius 1 is 1.44 bits per heavy atom. The van der Waals surface area contributed by atoms with Gasteiger partial charge in [-0.25, -0.2) is 14.6 Å². The summed E-state index contributed by atoms with van der Waals surface area (Å²) in [6.07, 6.45) is -1.61. The summed E-state index contributed by atoms with van der Waals surface area (Å²) in [4.78, 5) is 16.9. The SMILES string of the molecule is B[C@@H]1O[C@H](COP(N)(=O)OP(=O)(O)O)[C@@H](O)[C@H]1C. The molecule has 0 aromatic carbocycles. The van der Waals surface area contributed by atoms with Crippen LogP contribution in [0.4, 0.5) is 0 Å². The van der Waals surface area contributed by atoms with Gasteiger partial charge < -0.3 is 19.6 Å². The molecule has 12 heteroatoms. The monoisotopic (exact) mass is 303 g/mol. The fraction of sp³-hybridized carbons (Fsp3) is 1.00. The topological polar surface area (TPSA) is 149 Å². The summed E-state index contributed by atoms with van der Waals surface area (Å²) >= 11 is 0. The third-order valence-electron chi connectivity index (χ3n) is 2.69.